The van der Waals surface area contributed by atoms with Gasteiger partial charge in [0.05, 0.1) is 34.7 Å². The quantitative estimate of drug-likeness (QED) is 0.578. The standard InChI is InChI=1S/C22H14F2N2O3/c1-3-9-25-12(2)22(7-8-22)29-18-10-15(24)16(11-17(18)25)26-20(27)13-5-4-6-14(23)19(13)21(26)28/h1,4-6,10-11H,2,7-9H2. The van der Waals surface area contributed by atoms with Gasteiger partial charge in [-0.05, 0) is 31.0 Å². The molecule has 0 N–H and O–H groups in total. The Labute approximate surface area is 165 Å². The van der Waals surface area contributed by atoms with E-state index in [1.807, 2.05) is 0 Å². The highest BCUT2D eigenvalue weighted by Gasteiger charge is 2.54. The number of terminal acetylenes is 1. The average Bonchev–Trinajstić information content (AvgIpc) is 3.41. The Morgan fingerprint density at radius 3 is 2.55 bits per heavy atom. The van der Waals surface area contributed by atoms with Crippen molar-refractivity contribution in [3.05, 3.63) is 65.4 Å². The summed E-state index contributed by atoms with van der Waals surface area (Å²) in [5, 5.41) is 0. The minimum absolute atomic E-state index is 0.106. The Hall–Kier alpha value is -3.66. The van der Waals surface area contributed by atoms with Crippen LogP contribution in [0.4, 0.5) is 20.2 Å². The van der Waals surface area contributed by atoms with E-state index < -0.39 is 29.0 Å². The van der Waals surface area contributed by atoms with Crippen LogP contribution in [0.5, 0.6) is 5.75 Å². The lowest BCUT2D eigenvalue weighted by Crippen LogP contribution is -2.39. The summed E-state index contributed by atoms with van der Waals surface area (Å²) in [6, 6.07) is 6.19. The van der Waals surface area contributed by atoms with Crippen molar-refractivity contribution in [2.24, 2.45) is 0 Å². The molecule has 1 aliphatic carbocycles. The Bertz CT molecular complexity index is 1180. The fourth-order valence-corrected chi connectivity index (χ4v) is 3.90. The van der Waals surface area contributed by atoms with Crippen LogP contribution in [0, 0.1) is 24.0 Å². The van der Waals surface area contributed by atoms with Crippen molar-refractivity contribution in [3.8, 4) is 18.1 Å². The van der Waals surface area contributed by atoms with Crippen LogP contribution in [0.1, 0.15) is 33.6 Å². The molecule has 3 aliphatic rings. The zero-order valence-electron chi connectivity index (χ0n) is 15.2. The van der Waals surface area contributed by atoms with Crippen molar-refractivity contribution in [2.45, 2.75) is 18.4 Å². The molecule has 5 rings (SSSR count). The summed E-state index contributed by atoms with van der Waals surface area (Å²) in [7, 11) is 0. The number of hydrogen-bond donors (Lipinski definition) is 0. The number of anilines is 2. The second-order valence-corrected chi connectivity index (χ2v) is 7.21. The summed E-state index contributed by atoms with van der Waals surface area (Å²) in [5.41, 5.74) is -0.304. The first-order valence-corrected chi connectivity index (χ1v) is 8.98. The molecule has 0 atom stereocenters. The molecule has 7 heteroatoms. The van der Waals surface area contributed by atoms with Gasteiger partial charge in [0.2, 0.25) is 0 Å². The molecule has 2 aromatic carbocycles. The third kappa shape index (κ3) is 2.26. The van der Waals surface area contributed by atoms with Gasteiger partial charge in [-0.25, -0.2) is 13.7 Å². The van der Waals surface area contributed by atoms with Crippen molar-refractivity contribution in [1.82, 2.24) is 0 Å². The van der Waals surface area contributed by atoms with E-state index in [0.29, 0.717) is 16.3 Å². The third-order valence-corrected chi connectivity index (χ3v) is 5.53. The molecule has 144 valence electrons. The van der Waals surface area contributed by atoms with Crippen LogP contribution in [0.15, 0.2) is 42.6 Å². The predicted octanol–water partition coefficient (Wildman–Crippen LogP) is 3.64. The van der Waals surface area contributed by atoms with Gasteiger partial charge >= 0.3 is 0 Å². The number of nitrogens with zero attached hydrogens (tertiary/aromatic N) is 2. The highest BCUT2D eigenvalue weighted by atomic mass is 19.1. The maximum Gasteiger partial charge on any atom is 0.269 e. The van der Waals surface area contributed by atoms with E-state index in [9.17, 15) is 18.4 Å². The summed E-state index contributed by atoms with van der Waals surface area (Å²) >= 11 is 0. The molecule has 0 aromatic heterocycles. The van der Waals surface area contributed by atoms with Crippen LogP contribution < -0.4 is 14.5 Å². The lowest BCUT2D eigenvalue weighted by atomic mass is 10.1. The van der Waals surface area contributed by atoms with E-state index >= 15 is 0 Å². The first kappa shape index (κ1) is 17.4. The highest BCUT2D eigenvalue weighted by molar-refractivity contribution is 6.34. The molecule has 2 aliphatic heterocycles. The van der Waals surface area contributed by atoms with Crippen LogP contribution in [0.3, 0.4) is 0 Å². The van der Waals surface area contributed by atoms with Crippen molar-refractivity contribution >= 4 is 23.2 Å². The summed E-state index contributed by atoms with van der Waals surface area (Å²) in [4.78, 5) is 27.8. The normalized spacial score (nSPS) is 18.4. The van der Waals surface area contributed by atoms with E-state index in [-0.39, 0.29) is 29.1 Å². The number of amides is 2. The Kier molecular flexibility index (Phi) is 3.41. The third-order valence-electron chi connectivity index (χ3n) is 5.53. The molecule has 0 radical (unpaired) electrons. The Morgan fingerprint density at radius 2 is 1.90 bits per heavy atom. The van der Waals surface area contributed by atoms with Crippen LogP contribution in [-0.4, -0.2) is 24.0 Å². The number of halogens is 2. The van der Waals surface area contributed by atoms with Gasteiger partial charge in [0, 0.05) is 6.07 Å². The minimum Gasteiger partial charge on any atom is -0.479 e. The first-order valence-electron chi connectivity index (χ1n) is 8.98. The summed E-state index contributed by atoms with van der Waals surface area (Å²) in [6.07, 6.45) is 6.97. The van der Waals surface area contributed by atoms with Gasteiger partial charge < -0.3 is 9.64 Å². The first-order chi connectivity index (χ1) is 13.9. The smallest absolute Gasteiger partial charge is 0.269 e. The number of imide groups is 1. The van der Waals surface area contributed by atoms with Crippen LogP contribution in [0.2, 0.25) is 0 Å². The number of benzene rings is 2. The van der Waals surface area contributed by atoms with Crippen LogP contribution in [-0.2, 0) is 0 Å². The fraction of sp³-hybridized carbons (Fsp3) is 0.182. The SMILES string of the molecule is C#CCN1C(=C)C2(CC2)Oc2cc(F)c(N3C(=O)c4cccc(F)c4C3=O)cc21. The molecule has 0 saturated heterocycles. The van der Waals surface area contributed by atoms with Crippen LogP contribution >= 0.6 is 0 Å². The maximum atomic E-state index is 15.0. The number of rotatable bonds is 2. The fourth-order valence-electron chi connectivity index (χ4n) is 3.90. The molecular weight excluding hydrogens is 378 g/mol. The largest absolute Gasteiger partial charge is 0.479 e. The average molecular weight is 392 g/mol. The number of hydrogen-bond acceptors (Lipinski definition) is 4. The molecule has 5 nitrogen and oxygen atoms in total. The van der Waals surface area contributed by atoms with Gasteiger partial charge in [-0.1, -0.05) is 18.6 Å². The van der Waals surface area contributed by atoms with Crippen molar-refractivity contribution in [1.29, 1.82) is 0 Å². The minimum atomic E-state index is -0.917. The second kappa shape index (κ2) is 5.67. The number of carbonyl (C=O) groups excluding carboxylic acids is 2. The van der Waals surface area contributed by atoms with Crippen LogP contribution in [0.25, 0.3) is 0 Å². The molecular formula is C22H14F2N2O3. The van der Waals surface area contributed by atoms with Crippen molar-refractivity contribution in [3.63, 3.8) is 0 Å². The summed E-state index contributed by atoms with van der Waals surface area (Å²) in [5.74, 6) is -0.575. The molecule has 2 amide bonds. The predicted molar refractivity (Wildman–Crippen MR) is 102 cm³/mol. The lowest BCUT2D eigenvalue weighted by molar-refractivity contribution is 0.0923. The monoisotopic (exact) mass is 392 g/mol. The highest BCUT2D eigenvalue weighted by Crippen LogP contribution is 2.54. The van der Waals surface area contributed by atoms with Gasteiger partial charge in [-0.3, -0.25) is 9.59 Å². The van der Waals surface area contributed by atoms with Crippen molar-refractivity contribution in [2.75, 3.05) is 16.3 Å². The van der Waals surface area contributed by atoms with E-state index in [0.717, 1.165) is 25.0 Å². The summed E-state index contributed by atoms with van der Waals surface area (Å²) in [6.45, 7) is 4.23. The number of fused-ring (bicyclic) bond motifs is 2. The zero-order valence-corrected chi connectivity index (χ0v) is 15.2. The Balaban J connectivity index is 1.65. The van der Waals surface area contributed by atoms with E-state index in [1.54, 1.807) is 4.90 Å². The number of ether oxygens (including phenoxy) is 1. The number of carbonyl (C=O) groups is 2. The molecule has 2 aromatic rings. The van der Waals surface area contributed by atoms with Gasteiger partial charge in [0.25, 0.3) is 11.8 Å². The molecule has 29 heavy (non-hydrogen) atoms. The van der Waals surface area contributed by atoms with E-state index in [1.165, 1.54) is 18.2 Å². The summed E-state index contributed by atoms with van der Waals surface area (Å²) < 4.78 is 35.1. The maximum absolute atomic E-state index is 15.0. The zero-order chi connectivity index (χ0) is 20.5. The molecule has 1 saturated carbocycles. The lowest BCUT2D eigenvalue weighted by Gasteiger charge is -2.38. The molecule has 0 bridgehead atoms. The molecule has 1 fully saturated rings. The van der Waals surface area contributed by atoms with E-state index in [4.69, 9.17) is 11.2 Å². The van der Waals surface area contributed by atoms with Gasteiger partial charge in [0.15, 0.2) is 5.82 Å². The molecule has 1 spiro atoms. The molecule has 2 heterocycles. The second-order valence-electron chi connectivity index (χ2n) is 7.21. The van der Waals surface area contributed by atoms with Crippen molar-refractivity contribution < 1.29 is 23.1 Å². The topological polar surface area (TPSA) is 49.9 Å². The Morgan fingerprint density at radius 1 is 1.14 bits per heavy atom. The van der Waals surface area contributed by atoms with Gasteiger partial charge in [-0.2, -0.15) is 0 Å². The molecule has 0 unspecified atom stereocenters. The van der Waals surface area contributed by atoms with Gasteiger partial charge in [-0.15, -0.1) is 6.42 Å². The van der Waals surface area contributed by atoms with E-state index in [2.05, 4.69) is 12.5 Å². The van der Waals surface area contributed by atoms with Gasteiger partial charge in [0.1, 0.15) is 17.2 Å².